The molecule has 0 heterocycles. The van der Waals surface area contributed by atoms with Gasteiger partial charge in [0.2, 0.25) is 0 Å². The summed E-state index contributed by atoms with van der Waals surface area (Å²) in [5.41, 5.74) is 5.13. The van der Waals surface area contributed by atoms with Gasteiger partial charge >= 0.3 is 5.97 Å². The van der Waals surface area contributed by atoms with Gasteiger partial charge in [0.15, 0.2) is 0 Å². The Kier molecular flexibility index (Phi) is 4.74. The number of hydrogen-bond acceptors (Lipinski definition) is 4. The molecule has 20 heavy (non-hydrogen) atoms. The van der Waals surface area contributed by atoms with Crippen LogP contribution >= 0.6 is 0 Å². The fourth-order valence-electron chi connectivity index (χ4n) is 1.78. The van der Waals surface area contributed by atoms with Crippen LogP contribution in [0.2, 0.25) is 0 Å². The lowest BCUT2D eigenvalue weighted by Crippen LogP contribution is -2.12. The van der Waals surface area contributed by atoms with Crippen LogP contribution in [0.15, 0.2) is 54.6 Å². The van der Waals surface area contributed by atoms with Crippen LogP contribution in [-0.4, -0.2) is 25.0 Å². The zero-order valence-electron chi connectivity index (χ0n) is 11.7. The molecular formula is C16H18N2O2. The Labute approximate surface area is 118 Å². The first-order valence-corrected chi connectivity index (χ1v) is 6.41. The summed E-state index contributed by atoms with van der Waals surface area (Å²) in [6, 6.07) is 16.6. The van der Waals surface area contributed by atoms with Crippen molar-refractivity contribution in [1.29, 1.82) is 0 Å². The third kappa shape index (κ3) is 4.10. The molecule has 1 N–H and O–H groups in total. The minimum Gasteiger partial charge on any atom is -0.338 e. The summed E-state index contributed by atoms with van der Waals surface area (Å²) in [5.74, 6) is -0.400. The lowest BCUT2D eigenvalue weighted by molar-refractivity contribution is 0.0596. The minimum atomic E-state index is -0.400. The maximum absolute atomic E-state index is 11.7. The number of nitrogens with zero attached hydrogens (tertiary/aromatic N) is 1. The molecule has 0 amide bonds. The average molecular weight is 270 g/mol. The second kappa shape index (κ2) is 6.73. The number of hydrogen-bond donors (Lipinski definition) is 1. The van der Waals surface area contributed by atoms with E-state index in [1.165, 1.54) is 5.56 Å². The maximum Gasteiger partial charge on any atom is 0.362 e. The lowest BCUT2D eigenvalue weighted by Gasteiger charge is -2.11. The van der Waals surface area contributed by atoms with Crippen molar-refractivity contribution >= 4 is 11.7 Å². The Morgan fingerprint density at radius 3 is 2.30 bits per heavy atom. The first kappa shape index (κ1) is 14.1. The molecule has 0 aliphatic carbocycles. The quantitative estimate of drug-likeness (QED) is 0.848. The molecule has 0 bridgehead atoms. The third-order valence-electron chi connectivity index (χ3n) is 2.72. The van der Waals surface area contributed by atoms with Crippen molar-refractivity contribution in [3.8, 4) is 0 Å². The fourth-order valence-corrected chi connectivity index (χ4v) is 1.78. The van der Waals surface area contributed by atoms with Gasteiger partial charge in [-0.3, -0.25) is 0 Å². The van der Waals surface area contributed by atoms with Crippen LogP contribution in [-0.2, 0) is 11.4 Å². The first-order chi connectivity index (χ1) is 9.65. The SMILES string of the molecule is CN(C)Cc1ccc(NOC(=O)c2ccccc2)cc1. The number of benzene rings is 2. The van der Waals surface area contributed by atoms with E-state index in [-0.39, 0.29) is 0 Å². The van der Waals surface area contributed by atoms with E-state index in [1.807, 2.05) is 44.4 Å². The van der Waals surface area contributed by atoms with Crippen molar-refractivity contribution in [2.75, 3.05) is 19.6 Å². The van der Waals surface area contributed by atoms with E-state index in [0.717, 1.165) is 12.2 Å². The fraction of sp³-hybridized carbons (Fsp3) is 0.188. The van der Waals surface area contributed by atoms with E-state index in [1.54, 1.807) is 24.3 Å². The normalized spacial score (nSPS) is 10.3. The van der Waals surface area contributed by atoms with Crippen molar-refractivity contribution in [2.45, 2.75) is 6.54 Å². The van der Waals surface area contributed by atoms with Gasteiger partial charge in [-0.25, -0.2) is 10.3 Å². The molecule has 0 radical (unpaired) electrons. The molecule has 0 saturated heterocycles. The molecule has 2 aromatic rings. The molecule has 0 aliphatic heterocycles. The second-order valence-corrected chi connectivity index (χ2v) is 4.79. The monoisotopic (exact) mass is 270 g/mol. The first-order valence-electron chi connectivity index (χ1n) is 6.41. The Hall–Kier alpha value is -2.33. The molecule has 0 aromatic heterocycles. The van der Waals surface area contributed by atoms with Gasteiger partial charge in [-0.1, -0.05) is 30.3 Å². The van der Waals surface area contributed by atoms with Crippen molar-refractivity contribution in [3.05, 3.63) is 65.7 Å². The van der Waals surface area contributed by atoms with Crippen molar-refractivity contribution in [2.24, 2.45) is 0 Å². The van der Waals surface area contributed by atoms with Gasteiger partial charge in [-0.2, -0.15) is 0 Å². The number of carbonyl (C=O) groups is 1. The molecule has 2 rings (SSSR count). The molecule has 2 aromatic carbocycles. The van der Waals surface area contributed by atoms with Crippen LogP contribution in [0.25, 0.3) is 0 Å². The van der Waals surface area contributed by atoms with E-state index in [4.69, 9.17) is 4.84 Å². The van der Waals surface area contributed by atoms with E-state index in [9.17, 15) is 4.79 Å². The molecule has 0 spiro atoms. The minimum absolute atomic E-state index is 0.400. The van der Waals surface area contributed by atoms with Crippen LogP contribution < -0.4 is 5.48 Å². The summed E-state index contributed by atoms with van der Waals surface area (Å²) >= 11 is 0. The largest absolute Gasteiger partial charge is 0.362 e. The molecular weight excluding hydrogens is 252 g/mol. The Bertz CT molecular complexity index is 550. The molecule has 0 atom stereocenters. The molecule has 104 valence electrons. The van der Waals surface area contributed by atoms with Gasteiger partial charge in [-0.15, -0.1) is 0 Å². The van der Waals surface area contributed by atoms with E-state index in [2.05, 4.69) is 10.4 Å². The van der Waals surface area contributed by atoms with E-state index >= 15 is 0 Å². The number of nitrogens with one attached hydrogen (secondary N) is 1. The average Bonchev–Trinajstić information content (AvgIpc) is 2.46. The van der Waals surface area contributed by atoms with Gasteiger partial charge in [0.1, 0.15) is 0 Å². The Morgan fingerprint density at radius 1 is 1.05 bits per heavy atom. The van der Waals surface area contributed by atoms with Gasteiger partial charge in [0.05, 0.1) is 11.3 Å². The van der Waals surface area contributed by atoms with Crippen LogP contribution in [0.4, 0.5) is 5.69 Å². The predicted octanol–water partition coefficient (Wildman–Crippen LogP) is 2.93. The molecule has 0 fully saturated rings. The number of rotatable bonds is 5. The lowest BCUT2D eigenvalue weighted by atomic mass is 10.2. The van der Waals surface area contributed by atoms with Crippen molar-refractivity contribution in [3.63, 3.8) is 0 Å². The van der Waals surface area contributed by atoms with Crippen LogP contribution in [0.5, 0.6) is 0 Å². The highest BCUT2D eigenvalue weighted by atomic mass is 16.7. The molecule has 4 nitrogen and oxygen atoms in total. The summed E-state index contributed by atoms with van der Waals surface area (Å²) < 4.78 is 0. The highest BCUT2D eigenvalue weighted by Crippen LogP contribution is 2.11. The second-order valence-electron chi connectivity index (χ2n) is 4.79. The molecule has 0 unspecified atom stereocenters. The number of anilines is 1. The number of carbonyl (C=O) groups excluding carboxylic acids is 1. The van der Waals surface area contributed by atoms with Gasteiger partial charge in [0.25, 0.3) is 0 Å². The van der Waals surface area contributed by atoms with Crippen LogP contribution in [0.1, 0.15) is 15.9 Å². The third-order valence-corrected chi connectivity index (χ3v) is 2.72. The van der Waals surface area contributed by atoms with Crippen molar-refractivity contribution in [1.82, 2.24) is 4.90 Å². The summed E-state index contributed by atoms with van der Waals surface area (Å²) in [6.45, 7) is 0.879. The highest BCUT2D eigenvalue weighted by molar-refractivity contribution is 5.89. The molecule has 0 saturated carbocycles. The van der Waals surface area contributed by atoms with Crippen LogP contribution in [0.3, 0.4) is 0 Å². The summed E-state index contributed by atoms with van der Waals surface area (Å²) in [5, 5.41) is 0. The molecule has 0 aliphatic rings. The highest BCUT2D eigenvalue weighted by Gasteiger charge is 2.06. The van der Waals surface area contributed by atoms with Gasteiger partial charge in [-0.05, 0) is 43.9 Å². The van der Waals surface area contributed by atoms with E-state index < -0.39 is 5.97 Å². The maximum atomic E-state index is 11.7. The Balaban J connectivity index is 1.89. The van der Waals surface area contributed by atoms with Crippen molar-refractivity contribution < 1.29 is 9.63 Å². The zero-order valence-corrected chi connectivity index (χ0v) is 11.7. The summed E-state index contributed by atoms with van der Waals surface area (Å²) in [6.07, 6.45) is 0. The zero-order chi connectivity index (χ0) is 14.4. The van der Waals surface area contributed by atoms with Gasteiger partial charge < -0.3 is 9.74 Å². The smallest absolute Gasteiger partial charge is 0.338 e. The van der Waals surface area contributed by atoms with Gasteiger partial charge in [0, 0.05) is 6.54 Å². The summed E-state index contributed by atoms with van der Waals surface area (Å²) in [7, 11) is 4.04. The predicted molar refractivity (Wildman–Crippen MR) is 79.3 cm³/mol. The summed E-state index contributed by atoms with van der Waals surface area (Å²) in [4.78, 5) is 18.9. The van der Waals surface area contributed by atoms with E-state index in [0.29, 0.717) is 5.56 Å². The molecule has 4 heteroatoms. The standard InChI is InChI=1S/C16H18N2O2/c1-18(2)12-13-8-10-15(11-9-13)17-20-16(19)14-6-4-3-5-7-14/h3-11,17H,12H2,1-2H3. The van der Waals surface area contributed by atoms with Crippen LogP contribution in [0, 0.1) is 0 Å². The topological polar surface area (TPSA) is 41.6 Å². The Morgan fingerprint density at radius 2 is 1.70 bits per heavy atom.